The van der Waals surface area contributed by atoms with Gasteiger partial charge < -0.3 is 5.32 Å². The van der Waals surface area contributed by atoms with Crippen LogP contribution in [0.2, 0.25) is 0 Å². The molecular weight excluding hydrogens is 369 g/mol. The minimum Gasteiger partial charge on any atom is -0.378 e. The van der Waals surface area contributed by atoms with E-state index in [0.29, 0.717) is 6.04 Å². The van der Waals surface area contributed by atoms with Crippen molar-refractivity contribution in [2.75, 3.05) is 5.32 Å². The SMILES string of the molecule is Cc1ccc(NC(C)c2ccc3c(c2)CCCC3)cc1I. The molecule has 21 heavy (non-hydrogen) atoms. The fraction of sp³-hybridized carbons (Fsp3) is 0.368. The van der Waals surface area contributed by atoms with E-state index in [1.807, 2.05) is 0 Å². The Morgan fingerprint density at radius 3 is 2.52 bits per heavy atom. The Kier molecular flexibility index (Phi) is 4.53. The van der Waals surface area contributed by atoms with Crippen LogP contribution in [0.25, 0.3) is 0 Å². The van der Waals surface area contributed by atoms with Gasteiger partial charge >= 0.3 is 0 Å². The van der Waals surface area contributed by atoms with Crippen LogP contribution in [0.1, 0.15) is 48.1 Å². The highest BCUT2D eigenvalue weighted by Gasteiger charge is 2.12. The third-order valence-corrected chi connectivity index (χ3v) is 5.59. The molecule has 2 aromatic carbocycles. The molecule has 0 aromatic heterocycles. The van der Waals surface area contributed by atoms with Crippen LogP contribution in [0, 0.1) is 10.5 Å². The van der Waals surface area contributed by atoms with E-state index in [-0.39, 0.29) is 0 Å². The van der Waals surface area contributed by atoms with Gasteiger partial charge in [0.2, 0.25) is 0 Å². The number of hydrogen-bond donors (Lipinski definition) is 1. The molecule has 0 spiro atoms. The van der Waals surface area contributed by atoms with Crippen LogP contribution in [-0.2, 0) is 12.8 Å². The number of hydrogen-bond acceptors (Lipinski definition) is 1. The van der Waals surface area contributed by atoms with E-state index < -0.39 is 0 Å². The quantitative estimate of drug-likeness (QED) is 0.667. The summed E-state index contributed by atoms with van der Waals surface area (Å²) in [5.74, 6) is 0. The van der Waals surface area contributed by atoms with E-state index in [0.717, 1.165) is 0 Å². The summed E-state index contributed by atoms with van der Waals surface area (Å²) in [6.45, 7) is 4.40. The third-order valence-electron chi connectivity index (χ3n) is 4.43. The smallest absolute Gasteiger partial charge is 0.0485 e. The summed E-state index contributed by atoms with van der Waals surface area (Å²) in [6.07, 6.45) is 5.20. The molecule has 0 heterocycles. The highest BCUT2D eigenvalue weighted by Crippen LogP contribution is 2.27. The van der Waals surface area contributed by atoms with Crippen molar-refractivity contribution in [3.05, 3.63) is 62.2 Å². The summed E-state index contributed by atoms with van der Waals surface area (Å²) in [5.41, 5.74) is 7.05. The number of halogens is 1. The molecule has 0 amide bonds. The molecular formula is C19H22IN. The standard InChI is InChI=1S/C19H22IN/c1-13-7-10-18(12-19(13)20)21-14(2)16-9-8-15-5-3-4-6-17(15)11-16/h7-12,14,21H,3-6H2,1-2H3. The van der Waals surface area contributed by atoms with E-state index in [1.165, 1.54) is 46.1 Å². The lowest BCUT2D eigenvalue weighted by Gasteiger charge is -2.21. The van der Waals surface area contributed by atoms with Crippen LogP contribution in [0.4, 0.5) is 5.69 Å². The number of fused-ring (bicyclic) bond motifs is 1. The average Bonchev–Trinajstić information content (AvgIpc) is 2.50. The van der Waals surface area contributed by atoms with Crippen LogP contribution < -0.4 is 5.32 Å². The second-order valence-electron chi connectivity index (χ2n) is 6.07. The van der Waals surface area contributed by atoms with Crippen LogP contribution in [0.3, 0.4) is 0 Å². The van der Waals surface area contributed by atoms with Crippen molar-refractivity contribution in [2.45, 2.75) is 45.6 Å². The molecule has 0 saturated carbocycles. The Hall–Kier alpha value is -1.03. The average molecular weight is 391 g/mol. The minimum atomic E-state index is 0.343. The van der Waals surface area contributed by atoms with Crippen LogP contribution >= 0.6 is 22.6 Å². The van der Waals surface area contributed by atoms with Gasteiger partial charge in [-0.1, -0.05) is 24.3 Å². The van der Waals surface area contributed by atoms with Gasteiger partial charge in [0, 0.05) is 15.3 Å². The lowest BCUT2D eigenvalue weighted by Crippen LogP contribution is -2.09. The van der Waals surface area contributed by atoms with Gasteiger partial charge in [-0.25, -0.2) is 0 Å². The fourth-order valence-electron chi connectivity index (χ4n) is 3.04. The molecule has 0 aliphatic heterocycles. The summed E-state index contributed by atoms with van der Waals surface area (Å²) >= 11 is 2.40. The molecule has 1 aliphatic carbocycles. The molecule has 2 aromatic rings. The Bertz CT molecular complexity index is 648. The lowest BCUT2D eigenvalue weighted by molar-refractivity contribution is 0.683. The molecule has 0 saturated heterocycles. The van der Waals surface area contributed by atoms with Gasteiger partial charge in [0.25, 0.3) is 0 Å². The minimum absolute atomic E-state index is 0.343. The van der Waals surface area contributed by atoms with E-state index in [1.54, 1.807) is 11.1 Å². The molecule has 3 rings (SSSR count). The van der Waals surface area contributed by atoms with Crippen molar-refractivity contribution >= 4 is 28.3 Å². The van der Waals surface area contributed by atoms with E-state index in [2.05, 4.69) is 78.2 Å². The molecule has 1 atom stereocenters. The molecule has 0 bridgehead atoms. The van der Waals surface area contributed by atoms with E-state index in [9.17, 15) is 0 Å². The van der Waals surface area contributed by atoms with Gasteiger partial charge in [-0.2, -0.15) is 0 Å². The van der Waals surface area contributed by atoms with Crippen LogP contribution in [0.15, 0.2) is 36.4 Å². The first-order chi connectivity index (χ1) is 10.1. The largest absolute Gasteiger partial charge is 0.378 e. The number of aryl methyl sites for hydroxylation is 3. The molecule has 2 heteroatoms. The second kappa shape index (κ2) is 6.39. The Morgan fingerprint density at radius 1 is 1.00 bits per heavy atom. The van der Waals surface area contributed by atoms with Crippen molar-refractivity contribution in [3.63, 3.8) is 0 Å². The maximum Gasteiger partial charge on any atom is 0.0485 e. The predicted molar refractivity (Wildman–Crippen MR) is 99.0 cm³/mol. The molecule has 1 nitrogen and oxygen atoms in total. The van der Waals surface area contributed by atoms with Crippen molar-refractivity contribution in [1.29, 1.82) is 0 Å². The molecule has 1 aliphatic rings. The van der Waals surface area contributed by atoms with Crippen molar-refractivity contribution < 1.29 is 0 Å². The zero-order chi connectivity index (χ0) is 14.8. The summed E-state index contributed by atoms with van der Waals surface area (Å²) in [5, 5.41) is 3.63. The van der Waals surface area contributed by atoms with Crippen molar-refractivity contribution in [1.82, 2.24) is 0 Å². The van der Waals surface area contributed by atoms with Gasteiger partial charge in [-0.05, 0) is 96.5 Å². The monoisotopic (exact) mass is 391 g/mol. The third kappa shape index (κ3) is 3.42. The molecule has 1 unspecified atom stereocenters. The second-order valence-corrected chi connectivity index (χ2v) is 7.23. The first-order valence-corrected chi connectivity index (χ1v) is 8.86. The number of nitrogens with one attached hydrogen (secondary N) is 1. The van der Waals surface area contributed by atoms with Gasteiger partial charge in [-0.3, -0.25) is 0 Å². The maximum absolute atomic E-state index is 3.63. The maximum atomic E-state index is 3.63. The number of anilines is 1. The van der Waals surface area contributed by atoms with E-state index >= 15 is 0 Å². The van der Waals surface area contributed by atoms with Crippen LogP contribution in [0.5, 0.6) is 0 Å². The first kappa shape index (κ1) is 14.9. The summed E-state index contributed by atoms with van der Waals surface area (Å²) in [7, 11) is 0. The van der Waals surface area contributed by atoms with Gasteiger partial charge in [0.05, 0.1) is 0 Å². The van der Waals surface area contributed by atoms with Crippen LogP contribution in [-0.4, -0.2) is 0 Å². The van der Waals surface area contributed by atoms with Gasteiger partial charge in [0.1, 0.15) is 0 Å². The zero-order valence-corrected chi connectivity index (χ0v) is 14.9. The molecule has 0 fully saturated rings. The predicted octanol–water partition coefficient (Wildman–Crippen LogP) is 5.65. The first-order valence-electron chi connectivity index (χ1n) is 7.78. The zero-order valence-electron chi connectivity index (χ0n) is 12.7. The Morgan fingerprint density at radius 2 is 1.76 bits per heavy atom. The highest BCUT2D eigenvalue weighted by molar-refractivity contribution is 14.1. The topological polar surface area (TPSA) is 12.0 Å². The lowest BCUT2D eigenvalue weighted by atomic mass is 9.89. The summed E-state index contributed by atoms with van der Waals surface area (Å²) in [4.78, 5) is 0. The highest BCUT2D eigenvalue weighted by atomic mass is 127. The molecule has 110 valence electrons. The summed E-state index contributed by atoms with van der Waals surface area (Å²) < 4.78 is 1.32. The summed E-state index contributed by atoms with van der Waals surface area (Å²) in [6, 6.07) is 14.0. The fourth-order valence-corrected chi connectivity index (χ4v) is 3.55. The normalized spacial score (nSPS) is 15.4. The Balaban J connectivity index is 1.78. The molecule has 0 radical (unpaired) electrons. The van der Waals surface area contributed by atoms with E-state index in [4.69, 9.17) is 0 Å². The number of benzene rings is 2. The Labute approximate surface area is 141 Å². The van der Waals surface area contributed by atoms with Gasteiger partial charge in [0.15, 0.2) is 0 Å². The van der Waals surface area contributed by atoms with Gasteiger partial charge in [-0.15, -0.1) is 0 Å². The molecule has 1 N–H and O–H groups in total. The number of rotatable bonds is 3. The van der Waals surface area contributed by atoms with Crippen molar-refractivity contribution in [2.24, 2.45) is 0 Å². The van der Waals surface area contributed by atoms with Crippen molar-refractivity contribution in [3.8, 4) is 0 Å².